The summed E-state index contributed by atoms with van der Waals surface area (Å²) < 4.78 is 17.5. The standard InChI is InChI=1S/C28H18NOP/c30-31-27-16-8-5-13-23(27)21-11-3-6-14-25(21)29(31)26-15-7-4-12-22(26)24-17-19-9-1-2-10-20(19)18-28(24)31/h1-18H. The van der Waals surface area contributed by atoms with Gasteiger partial charge >= 0.3 is 0 Å². The van der Waals surface area contributed by atoms with Gasteiger partial charge in [-0.05, 0) is 52.2 Å². The summed E-state index contributed by atoms with van der Waals surface area (Å²) in [6.07, 6.45) is 0. The Morgan fingerprint density at radius 2 is 1.00 bits per heavy atom. The van der Waals surface area contributed by atoms with E-state index in [2.05, 4.69) is 77.5 Å². The first-order valence-corrected chi connectivity index (χ1v) is 12.2. The van der Waals surface area contributed by atoms with E-state index in [4.69, 9.17) is 0 Å². The summed E-state index contributed by atoms with van der Waals surface area (Å²) in [5.41, 5.74) is 6.41. The van der Waals surface area contributed by atoms with Crippen molar-refractivity contribution in [1.82, 2.24) is 0 Å². The van der Waals surface area contributed by atoms with Crippen molar-refractivity contribution in [2.24, 2.45) is 0 Å². The fourth-order valence-corrected chi connectivity index (χ4v) is 8.49. The zero-order valence-electron chi connectivity index (χ0n) is 16.7. The minimum absolute atomic E-state index is 0.916. The van der Waals surface area contributed by atoms with Crippen molar-refractivity contribution in [2.45, 2.75) is 0 Å². The van der Waals surface area contributed by atoms with Crippen molar-refractivity contribution >= 4 is 40.0 Å². The van der Waals surface area contributed by atoms with E-state index in [9.17, 15) is 0 Å². The third-order valence-electron chi connectivity index (χ3n) is 6.55. The molecule has 2 aliphatic heterocycles. The van der Waals surface area contributed by atoms with Crippen LogP contribution in [0.25, 0.3) is 33.0 Å². The number of para-hydroxylation sites is 2. The van der Waals surface area contributed by atoms with Crippen LogP contribution in [0.2, 0.25) is 0 Å². The molecule has 0 amide bonds. The van der Waals surface area contributed by atoms with Crippen molar-refractivity contribution in [1.29, 1.82) is 0 Å². The molecule has 0 aromatic heterocycles. The van der Waals surface area contributed by atoms with Gasteiger partial charge in [0.15, 0.2) is 0 Å². The molecule has 0 aliphatic carbocycles. The lowest BCUT2D eigenvalue weighted by atomic mass is 9.98. The highest BCUT2D eigenvalue weighted by Gasteiger charge is 2.47. The maximum absolute atomic E-state index is 15.4. The lowest BCUT2D eigenvalue weighted by Crippen LogP contribution is -2.37. The number of rotatable bonds is 0. The summed E-state index contributed by atoms with van der Waals surface area (Å²) in [6.45, 7) is 0. The first-order chi connectivity index (χ1) is 15.3. The van der Waals surface area contributed by atoms with Gasteiger partial charge in [-0.2, -0.15) is 0 Å². The monoisotopic (exact) mass is 415 g/mol. The largest absolute Gasteiger partial charge is 0.289 e. The van der Waals surface area contributed by atoms with Crippen LogP contribution in [-0.2, 0) is 4.57 Å². The van der Waals surface area contributed by atoms with Crippen LogP contribution in [0, 0.1) is 0 Å². The topological polar surface area (TPSA) is 20.3 Å². The number of hydrogen-bond acceptors (Lipinski definition) is 1. The molecule has 5 aromatic carbocycles. The number of benzene rings is 5. The predicted octanol–water partition coefficient (Wildman–Crippen LogP) is 6.87. The SMILES string of the molecule is O=P12c3ccccc3-c3ccccc3N1c1ccccc1-c1cc3ccccc3cc12. The van der Waals surface area contributed by atoms with Gasteiger partial charge in [-0.1, -0.05) is 78.9 Å². The second-order valence-corrected chi connectivity index (χ2v) is 10.7. The highest BCUT2D eigenvalue weighted by atomic mass is 31.2. The van der Waals surface area contributed by atoms with E-state index in [1.54, 1.807) is 0 Å². The predicted molar refractivity (Wildman–Crippen MR) is 130 cm³/mol. The van der Waals surface area contributed by atoms with Crippen LogP contribution in [0.4, 0.5) is 11.4 Å². The molecule has 7 rings (SSSR count). The normalized spacial score (nSPS) is 17.9. The van der Waals surface area contributed by atoms with Crippen molar-refractivity contribution in [3.63, 3.8) is 0 Å². The molecule has 1 unspecified atom stereocenters. The second-order valence-electron chi connectivity index (χ2n) is 8.16. The number of hydrogen-bond donors (Lipinski definition) is 0. The molecule has 0 N–H and O–H groups in total. The third-order valence-corrected chi connectivity index (χ3v) is 9.61. The van der Waals surface area contributed by atoms with Crippen LogP contribution in [0.3, 0.4) is 0 Å². The molecule has 0 bridgehead atoms. The highest BCUT2D eigenvalue weighted by Crippen LogP contribution is 2.65. The van der Waals surface area contributed by atoms with Crippen molar-refractivity contribution < 1.29 is 4.57 Å². The molecule has 2 nitrogen and oxygen atoms in total. The zero-order valence-corrected chi connectivity index (χ0v) is 17.6. The molecule has 0 saturated carbocycles. The first-order valence-electron chi connectivity index (χ1n) is 10.5. The Hall–Kier alpha value is -3.61. The molecule has 1 atom stereocenters. The summed E-state index contributed by atoms with van der Waals surface area (Å²) in [5, 5.41) is 4.13. The Kier molecular flexibility index (Phi) is 3.29. The average Bonchev–Trinajstić information content (AvgIpc) is 2.83. The van der Waals surface area contributed by atoms with Gasteiger partial charge in [0, 0.05) is 21.7 Å². The van der Waals surface area contributed by atoms with E-state index >= 15 is 4.57 Å². The Bertz CT molecular complexity index is 1590. The summed E-state index contributed by atoms with van der Waals surface area (Å²) >= 11 is 0. The summed E-state index contributed by atoms with van der Waals surface area (Å²) in [5.74, 6) is 0. The molecular weight excluding hydrogens is 397 g/mol. The van der Waals surface area contributed by atoms with Gasteiger partial charge in [-0.3, -0.25) is 9.24 Å². The molecule has 3 heteroatoms. The van der Waals surface area contributed by atoms with Crippen LogP contribution in [-0.4, -0.2) is 0 Å². The molecular formula is C28H18NOP. The van der Waals surface area contributed by atoms with Gasteiger partial charge in [0.1, 0.15) is 0 Å². The maximum atomic E-state index is 15.4. The van der Waals surface area contributed by atoms with E-state index in [0.717, 1.165) is 49.6 Å². The lowest BCUT2D eigenvalue weighted by molar-refractivity contribution is 0.586. The van der Waals surface area contributed by atoms with Crippen LogP contribution in [0.15, 0.2) is 109 Å². The van der Waals surface area contributed by atoms with Gasteiger partial charge in [0.2, 0.25) is 7.29 Å². The van der Waals surface area contributed by atoms with E-state index in [1.807, 2.05) is 36.4 Å². The molecule has 0 radical (unpaired) electrons. The molecule has 0 saturated heterocycles. The van der Waals surface area contributed by atoms with Gasteiger partial charge in [0.25, 0.3) is 0 Å². The van der Waals surface area contributed by atoms with Crippen molar-refractivity contribution in [3.05, 3.63) is 109 Å². The van der Waals surface area contributed by atoms with Crippen molar-refractivity contribution in [3.8, 4) is 22.3 Å². The molecule has 146 valence electrons. The van der Waals surface area contributed by atoms with Gasteiger partial charge in [-0.25, -0.2) is 0 Å². The molecule has 2 aliphatic rings. The zero-order chi connectivity index (χ0) is 20.6. The van der Waals surface area contributed by atoms with Gasteiger partial charge in [-0.15, -0.1) is 0 Å². The number of nitrogens with zero attached hydrogens (tertiary/aromatic N) is 1. The van der Waals surface area contributed by atoms with E-state index in [0.29, 0.717) is 0 Å². The highest BCUT2D eigenvalue weighted by molar-refractivity contribution is 7.81. The summed E-state index contributed by atoms with van der Waals surface area (Å²) in [6, 6.07) is 37.6. The van der Waals surface area contributed by atoms with E-state index in [-0.39, 0.29) is 0 Å². The maximum Gasteiger partial charge on any atom is 0.235 e. The Balaban J connectivity index is 1.70. The van der Waals surface area contributed by atoms with Crippen LogP contribution < -0.4 is 15.3 Å². The van der Waals surface area contributed by atoms with Crippen molar-refractivity contribution in [2.75, 3.05) is 4.67 Å². The Morgan fingerprint density at radius 3 is 1.71 bits per heavy atom. The smallest absolute Gasteiger partial charge is 0.235 e. The Labute approximate surface area is 180 Å². The fourth-order valence-electron chi connectivity index (χ4n) is 5.21. The molecule has 31 heavy (non-hydrogen) atoms. The van der Waals surface area contributed by atoms with Crippen LogP contribution in [0.1, 0.15) is 0 Å². The minimum atomic E-state index is -3.13. The Morgan fingerprint density at radius 1 is 0.484 bits per heavy atom. The van der Waals surface area contributed by atoms with E-state index < -0.39 is 7.29 Å². The molecule has 5 aromatic rings. The minimum Gasteiger partial charge on any atom is -0.289 e. The van der Waals surface area contributed by atoms with Crippen LogP contribution in [0.5, 0.6) is 0 Å². The van der Waals surface area contributed by atoms with Crippen LogP contribution >= 0.6 is 7.29 Å². The molecule has 0 spiro atoms. The second kappa shape index (κ2) is 5.97. The molecule has 2 heterocycles. The average molecular weight is 415 g/mol. The summed E-state index contributed by atoms with van der Waals surface area (Å²) in [4.78, 5) is 0. The first kappa shape index (κ1) is 17.1. The van der Waals surface area contributed by atoms with Gasteiger partial charge in [0.05, 0.1) is 11.4 Å². The third kappa shape index (κ3) is 2.10. The number of fused-ring (bicyclic) bond motifs is 12. The number of anilines is 2. The van der Waals surface area contributed by atoms with Gasteiger partial charge < -0.3 is 0 Å². The quantitative estimate of drug-likeness (QED) is 0.257. The molecule has 0 fully saturated rings. The fraction of sp³-hybridized carbons (Fsp3) is 0. The van der Waals surface area contributed by atoms with E-state index in [1.165, 1.54) is 5.39 Å². The lowest BCUT2D eigenvalue weighted by Gasteiger charge is -2.44. The summed E-state index contributed by atoms with van der Waals surface area (Å²) in [7, 11) is -3.13.